The smallest absolute Gasteiger partial charge is 0.417 e. The molecule has 0 aliphatic carbocycles. The van der Waals surface area contributed by atoms with Crippen molar-refractivity contribution in [3.05, 3.63) is 48.0 Å². The minimum absolute atomic E-state index is 0.189. The fraction of sp³-hybridized carbons (Fsp3) is 0.444. The summed E-state index contributed by atoms with van der Waals surface area (Å²) in [6.07, 6.45) is 0.478. The Labute approximate surface area is 131 Å². The second-order valence-electron chi connectivity index (χ2n) is 5.87. The topological polar surface area (TPSA) is 46.6 Å². The molecular weight excluding hydrogens is 278 g/mol. The van der Waals surface area contributed by atoms with Crippen molar-refractivity contribution >= 4 is 12.0 Å². The van der Waals surface area contributed by atoms with Gasteiger partial charge in [0.2, 0.25) is 5.91 Å². The summed E-state index contributed by atoms with van der Waals surface area (Å²) < 4.78 is 5.42. The molecule has 4 nitrogen and oxygen atoms in total. The predicted octanol–water partition coefficient (Wildman–Crippen LogP) is 4.09. The van der Waals surface area contributed by atoms with E-state index in [0.29, 0.717) is 6.42 Å². The zero-order valence-electron chi connectivity index (χ0n) is 13.4. The van der Waals surface area contributed by atoms with E-state index in [1.54, 1.807) is 0 Å². The Morgan fingerprint density at radius 2 is 2.00 bits per heavy atom. The Balaban J connectivity index is 2.13. The number of carbonyl (C=O) groups is 2. The molecule has 1 aromatic rings. The molecular formula is C18H23NO3. The van der Waals surface area contributed by atoms with Crippen molar-refractivity contribution in [1.29, 1.82) is 0 Å². The third-order valence-electron chi connectivity index (χ3n) is 4.15. The van der Waals surface area contributed by atoms with Crippen LogP contribution in [0.3, 0.4) is 0 Å². The molecule has 2 amide bonds. The summed E-state index contributed by atoms with van der Waals surface area (Å²) in [5.74, 6) is -0.456. The first-order valence-corrected chi connectivity index (χ1v) is 7.71. The first-order chi connectivity index (χ1) is 10.5. The molecule has 0 aromatic heterocycles. The van der Waals surface area contributed by atoms with Crippen LogP contribution in [0.4, 0.5) is 4.79 Å². The highest BCUT2D eigenvalue weighted by Crippen LogP contribution is 2.33. The van der Waals surface area contributed by atoms with Crippen molar-refractivity contribution in [3.63, 3.8) is 0 Å². The van der Waals surface area contributed by atoms with E-state index in [1.165, 1.54) is 4.90 Å². The maximum absolute atomic E-state index is 12.6. The summed E-state index contributed by atoms with van der Waals surface area (Å²) in [7, 11) is 0. The minimum Gasteiger partial charge on any atom is -0.439 e. The lowest BCUT2D eigenvalue weighted by Crippen LogP contribution is -2.41. The molecule has 0 N–H and O–H groups in total. The van der Waals surface area contributed by atoms with Gasteiger partial charge in [-0.2, -0.15) is 0 Å². The van der Waals surface area contributed by atoms with Gasteiger partial charge in [0.15, 0.2) is 0 Å². The van der Waals surface area contributed by atoms with Crippen LogP contribution in [0.2, 0.25) is 0 Å². The second-order valence-corrected chi connectivity index (χ2v) is 5.87. The molecule has 4 heteroatoms. The van der Waals surface area contributed by atoms with Crippen LogP contribution < -0.4 is 0 Å². The molecule has 0 saturated carbocycles. The number of hydrogen-bond acceptors (Lipinski definition) is 3. The van der Waals surface area contributed by atoms with E-state index < -0.39 is 12.2 Å². The number of nitrogens with zero attached hydrogens (tertiary/aromatic N) is 1. The van der Waals surface area contributed by atoms with E-state index in [9.17, 15) is 9.59 Å². The van der Waals surface area contributed by atoms with Gasteiger partial charge in [-0.05, 0) is 25.3 Å². The van der Waals surface area contributed by atoms with Crippen molar-refractivity contribution in [3.8, 4) is 0 Å². The first kappa shape index (κ1) is 16.3. The van der Waals surface area contributed by atoms with Gasteiger partial charge in [0, 0.05) is 5.92 Å². The maximum Gasteiger partial charge on any atom is 0.417 e. The highest BCUT2D eigenvalue weighted by atomic mass is 16.6. The Bertz CT molecular complexity index is 567. The molecule has 22 heavy (non-hydrogen) atoms. The third-order valence-corrected chi connectivity index (χ3v) is 4.15. The maximum atomic E-state index is 12.6. The molecule has 0 bridgehead atoms. The van der Waals surface area contributed by atoms with Crippen LogP contribution in [-0.4, -0.2) is 22.9 Å². The molecule has 3 atom stereocenters. The van der Waals surface area contributed by atoms with Crippen molar-refractivity contribution in [2.24, 2.45) is 5.92 Å². The number of cyclic esters (lactones) is 1. The summed E-state index contributed by atoms with van der Waals surface area (Å²) >= 11 is 0. The van der Waals surface area contributed by atoms with E-state index in [0.717, 1.165) is 17.6 Å². The van der Waals surface area contributed by atoms with Gasteiger partial charge in [0.05, 0.1) is 6.04 Å². The third kappa shape index (κ3) is 3.21. The predicted molar refractivity (Wildman–Crippen MR) is 85.2 cm³/mol. The number of imide groups is 1. The lowest BCUT2D eigenvalue weighted by molar-refractivity contribution is -0.132. The van der Waals surface area contributed by atoms with E-state index in [2.05, 4.69) is 6.58 Å². The van der Waals surface area contributed by atoms with E-state index in [-0.39, 0.29) is 17.9 Å². The second kappa shape index (κ2) is 6.77. The lowest BCUT2D eigenvalue weighted by Gasteiger charge is -2.22. The van der Waals surface area contributed by atoms with Crippen LogP contribution in [0.25, 0.3) is 0 Å². The van der Waals surface area contributed by atoms with Gasteiger partial charge in [0.25, 0.3) is 0 Å². The monoisotopic (exact) mass is 301 g/mol. The molecule has 1 heterocycles. The summed E-state index contributed by atoms with van der Waals surface area (Å²) in [6.45, 7) is 9.63. The fourth-order valence-electron chi connectivity index (χ4n) is 2.75. The number of hydrogen-bond donors (Lipinski definition) is 0. The quantitative estimate of drug-likeness (QED) is 0.770. The molecule has 1 aromatic carbocycles. The highest BCUT2D eigenvalue weighted by Gasteiger charge is 2.44. The van der Waals surface area contributed by atoms with Crippen molar-refractivity contribution in [2.75, 3.05) is 0 Å². The Kier molecular flexibility index (Phi) is 5.01. The SMILES string of the molecule is C=C(CC)C[C@@H](C)C(=O)N1C(=O)O[C@H](c2ccccc2)[C@@H]1C. The number of rotatable bonds is 5. The molecule has 118 valence electrons. The van der Waals surface area contributed by atoms with Crippen LogP contribution in [0.5, 0.6) is 0 Å². The normalized spacial score (nSPS) is 22.3. The Hall–Kier alpha value is -2.10. The van der Waals surface area contributed by atoms with E-state index >= 15 is 0 Å². The zero-order chi connectivity index (χ0) is 16.3. The molecule has 0 radical (unpaired) electrons. The van der Waals surface area contributed by atoms with Crippen LogP contribution in [0.1, 0.15) is 45.3 Å². The average molecular weight is 301 g/mol. The first-order valence-electron chi connectivity index (χ1n) is 7.71. The number of ether oxygens (including phenoxy) is 1. The molecule has 1 aliphatic heterocycles. The molecule has 0 unspecified atom stereocenters. The highest BCUT2D eigenvalue weighted by molar-refractivity contribution is 5.95. The summed E-state index contributed by atoms with van der Waals surface area (Å²) in [5, 5.41) is 0. The van der Waals surface area contributed by atoms with Gasteiger partial charge >= 0.3 is 6.09 Å². The van der Waals surface area contributed by atoms with Gasteiger partial charge in [0.1, 0.15) is 6.10 Å². The largest absolute Gasteiger partial charge is 0.439 e. The van der Waals surface area contributed by atoms with Crippen LogP contribution >= 0.6 is 0 Å². The number of benzene rings is 1. The van der Waals surface area contributed by atoms with Crippen LogP contribution in [-0.2, 0) is 9.53 Å². The molecule has 1 aliphatic rings. The van der Waals surface area contributed by atoms with Gasteiger partial charge in [-0.1, -0.05) is 56.3 Å². The molecule has 1 fully saturated rings. The number of carbonyl (C=O) groups excluding carboxylic acids is 2. The van der Waals surface area contributed by atoms with Crippen molar-refractivity contribution in [1.82, 2.24) is 4.90 Å². The van der Waals surface area contributed by atoms with E-state index in [4.69, 9.17) is 4.74 Å². The van der Waals surface area contributed by atoms with Crippen LogP contribution in [0.15, 0.2) is 42.5 Å². The van der Waals surface area contributed by atoms with Gasteiger partial charge < -0.3 is 4.74 Å². The summed E-state index contributed by atoms with van der Waals surface area (Å²) in [5.41, 5.74) is 1.92. The summed E-state index contributed by atoms with van der Waals surface area (Å²) in [6, 6.07) is 9.21. The zero-order valence-corrected chi connectivity index (χ0v) is 13.4. The lowest BCUT2D eigenvalue weighted by atomic mass is 9.97. The van der Waals surface area contributed by atoms with Crippen molar-refractivity contribution < 1.29 is 14.3 Å². The van der Waals surface area contributed by atoms with Gasteiger partial charge in [-0.25, -0.2) is 9.69 Å². The van der Waals surface area contributed by atoms with Crippen molar-refractivity contribution in [2.45, 2.75) is 45.8 Å². The average Bonchev–Trinajstić information content (AvgIpc) is 2.82. The number of amides is 2. The Morgan fingerprint density at radius 1 is 1.36 bits per heavy atom. The molecule has 1 saturated heterocycles. The molecule has 0 spiro atoms. The fourth-order valence-corrected chi connectivity index (χ4v) is 2.75. The number of allylic oxidation sites excluding steroid dienone is 1. The molecule has 2 rings (SSSR count). The van der Waals surface area contributed by atoms with E-state index in [1.807, 2.05) is 51.1 Å². The summed E-state index contributed by atoms with van der Waals surface area (Å²) in [4.78, 5) is 26.0. The minimum atomic E-state index is -0.555. The van der Waals surface area contributed by atoms with Gasteiger partial charge in [-0.15, -0.1) is 0 Å². The standard InChI is InChI=1S/C18H23NO3/c1-5-12(2)11-13(3)17(20)19-14(4)16(22-18(19)21)15-9-7-6-8-10-15/h6-10,13-14,16H,2,5,11H2,1,3-4H3/t13-,14+,16+/m1/s1. The Morgan fingerprint density at radius 3 is 2.59 bits per heavy atom. The van der Waals surface area contributed by atoms with Crippen LogP contribution in [0, 0.1) is 5.92 Å². The van der Waals surface area contributed by atoms with Gasteiger partial charge in [-0.3, -0.25) is 4.79 Å².